The minimum atomic E-state index is 0.0890. The van der Waals surface area contributed by atoms with E-state index in [1.54, 1.807) is 0 Å². The first-order valence-corrected chi connectivity index (χ1v) is 7.41. The Kier molecular flexibility index (Phi) is 2.86. The van der Waals surface area contributed by atoms with Crippen LogP contribution in [0.5, 0.6) is 0 Å². The van der Waals surface area contributed by atoms with Gasteiger partial charge in [0.25, 0.3) is 0 Å². The van der Waals surface area contributed by atoms with E-state index >= 15 is 0 Å². The molecule has 0 spiro atoms. The van der Waals surface area contributed by atoms with Crippen LogP contribution in [0.25, 0.3) is 11.1 Å². The highest BCUT2D eigenvalue weighted by Crippen LogP contribution is 2.40. The lowest BCUT2D eigenvalue weighted by Gasteiger charge is -2.21. The van der Waals surface area contributed by atoms with Crippen molar-refractivity contribution in [3.8, 4) is 11.1 Å². The molecule has 4 rings (SSSR count). The van der Waals surface area contributed by atoms with E-state index in [2.05, 4.69) is 59.9 Å². The minimum absolute atomic E-state index is 0.0890. The lowest BCUT2D eigenvalue weighted by Crippen LogP contribution is -2.29. The molecule has 0 saturated carbocycles. The van der Waals surface area contributed by atoms with Gasteiger partial charge in [-0.05, 0) is 29.5 Å². The maximum atomic E-state index is 5.89. The van der Waals surface area contributed by atoms with Crippen molar-refractivity contribution in [3.05, 3.63) is 60.2 Å². The van der Waals surface area contributed by atoms with E-state index in [9.17, 15) is 0 Å². The number of nitrogens with one attached hydrogen (secondary N) is 1. The molecule has 2 aliphatic heterocycles. The summed E-state index contributed by atoms with van der Waals surface area (Å²) in [5, 5.41) is 3.54. The summed E-state index contributed by atoms with van der Waals surface area (Å²) >= 11 is 0. The maximum Gasteiger partial charge on any atom is 0.0827 e. The summed E-state index contributed by atoms with van der Waals surface area (Å²) in [7, 11) is 0. The number of rotatable bonds is 3. The standard InChI is InChI=1S/C18H19NO/c1-2-5-14(6-3-1)15-8-10-16(11-9-15)18(13-19-18)17-7-4-12-20-17/h1-3,5-6,8-11,17,19H,4,7,12-13H2. The van der Waals surface area contributed by atoms with Crippen molar-refractivity contribution in [2.75, 3.05) is 13.2 Å². The van der Waals surface area contributed by atoms with Gasteiger partial charge in [0, 0.05) is 13.2 Å². The van der Waals surface area contributed by atoms with E-state index in [0.717, 1.165) is 13.2 Å². The highest BCUT2D eigenvalue weighted by molar-refractivity contribution is 5.63. The summed E-state index contributed by atoms with van der Waals surface area (Å²) in [5.74, 6) is 0. The third-order valence-corrected chi connectivity index (χ3v) is 4.54. The molecule has 2 heteroatoms. The molecule has 2 aromatic rings. The van der Waals surface area contributed by atoms with Crippen molar-refractivity contribution in [1.29, 1.82) is 0 Å². The van der Waals surface area contributed by atoms with Crippen LogP contribution in [0.2, 0.25) is 0 Å². The van der Waals surface area contributed by atoms with E-state index in [1.165, 1.54) is 29.5 Å². The SMILES string of the molecule is c1ccc(-c2ccc(C3(C4CCCO4)CN3)cc2)cc1. The monoisotopic (exact) mass is 265 g/mol. The molecular weight excluding hydrogens is 246 g/mol. The largest absolute Gasteiger partial charge is 0.376 e. The third-order valence-electron chi connectivity index (χ3n) is 4.54. The van der Waals surface area contributed by atoms with E-state index in [1.807, 2.05) is 0 Å². The molecule has 102 valence electrons. The second-order valence-corrected chi connectivity index (χ2v) is 5.77. The number of hydrogen-bond acceptors (Lipinski definition) is 2. The molecule has 2 aromatic carbocycles. The highest BCUT2D eigenvalue weighted by atomic mass is 16.5. The van der Waals surface area contributed by atoms with Crippen LogP contribution in [-0.4, -0.2) is 19.3 Å². The summed E-state index contributed by atoms with van der Waals surface area (Å²) in [4.78, 5) is 0. The number of ether oxygens (including phenoxy) is 1. The summed E-state index contributed by atoms with van der Waals surface area (Å²) in [6.45, 7) is 1.96. The maximum absolute atomic E-state index is 5.89. The average Bonchev–Trinajstić information content (AvgIpc) is 3.15. The normalized spacial score (nSPS) is 28.5. The van der Waals surface area contributed by atoms with Gasteiger partial charge in [0.15, 0.2) is 0 Å². The van der Waals surface area contributed by atoms with E-state index < -0.39 is 0 Å². The molecule has 0 radical (unpaired) electrons. The fraction of sp³-hybridized carbons (Fsp3) is 0.333. The van der Waals surface area contributed by atoms with Gasteiger partial charge in [-0.2, -0.15) is 0 Å². The lowest BCUT2D eigenvalue weighted by atomic mass is 9.90. The molecule has 0 aromatic heterocycles. The fourth-order valence-electron chi connectivity index (χ4n) is 3.27. The summed E-state index contributed by atoms with van der Waals surface area (Å²) < 4.78 is 5.89. The van der Waals surface area contributed by atoms with Crippen molar-refractivity contribution < 1.29 is 4.74 Å². The number of benzene rings is 2. The predicted molar refractivity (Wildman–Crippen MR) is 80.5 cm³/mol. The Morgan fingerprint density at radius 3 is 2.25 bits per heavy atom. The van der Waals surface area contributed by atoms with Gasteiger partial charge in [-0.25, -0.2) is 0 Å². The molecule has 2 saturated heterocycles. The van der Waals surface area contributed by atoms with Crippen LogP contribution in [0.4, 0.5) is 0 Å². The van der Waals surface area contributed by atoms with Crippen molar-refractivity contribution in [3.63, 3.8) is 0 Å². The van der Waals surface area contributed by atoms with Crippen LogP contribution in [0.3, 0.4) is 0 Å². The summed E-state index contributed by atoms with van der Waals surface area (Å²) in [6.07, 6.45) is 2.72. The highest BCUT2D eigenvalue weighted by Gasteiger charge is 2.52. The van der Waals surface area contributed by atoms with E-state index in [0.29, 0.717) is 6.10 Å². The molecule has 2 atom stereocenters. The van der Waals surface area contributed by atoms with Gasteiger partial charge >= 0.3 is 0 Å². The molecule has 2 nitrogen and oxygen atoms in total. The minimum Gasteiger partial charge on any atom is -0.376 e. The van der Waals surface area contributed by atoms with Gasteiger partial charge in [-0.1, -0.05) is 54.6 Å². The molecule has 2 fully saturated rings. The van der Waals surface area contributed by atoms with Gasteiger partial charge in [0.1, 0.15) is 0 Å². The van der Waals surface area contributed by atoms with Crippen molar-refractivity contribution in [1.82, 2.24) is 5.32 Å². The first kappa shape index (κ1) is 12.1. The Bertz CT molecular complexity index is 581. The molecule has 0 aliphatic carbocycles. The van der Waals surface area contributed by atoms with E-state index in [4.69, 9.17) is 4.74 Å². The van der Waals surface area contributed by atoms with Gasteiger partial charge in [-0.15, -0.1) is 0 Å². The Morgan fingerprint density at radius 1 is 0.950 bits per heavy atom. The van der Waals surface area contributed by atoms with Gasteiger partial charge < -0.3 is 10.1 Å². The average molecular weight is 265 g/mol. The summed E-state index contributed by atoms with van der Waals surface area (Å²) in [5.41, 5.74) is 4.00. The Morgan fingerprint density at radius 2 is 1.65 bits per heavy atom. The molecule has 2 heterocycles. The molecule has 20 heavy (non-hydrogen) atoms. The Labute approximate surface area is 119 Å². The summed E-state index contributed by atoms with van der Waals surface area (Å²) in [6, 6.07) is 19.5. The first-order valence-electron chi connectivity index (χ1n) is 7.41. The second kappa shape index (κ2) is 4.72. The molecule has 2 unspecified atom stereocenters. The Balaban J connectivity index is 1.62. The molecule has 1 N–H and O–H groups in total. The van der Waals surface area contributed by atoms with Gasteiger partial charge in [0.2, 0.25) is 0 Å². The fourth-order valence-corrected chi connectivity index (χ4v) is 3.27. The van der Waals surface area contributed by atoms with Crippen LogP contribution in [0.15, 0.2) is 54.6 Å². The molecular formula is C18H19NO. The molecule has 0 bridgehead atoms. The zero-order valence-electron chi connectivity index (χ0n) is 11.5. The van der Waals surface area contributed by atoms with Gasteiger partial charge in [0.05, 0.1) is 11.6 Å². The topological polar surface area (TPSA) is 31.2 Å². The van der Waals surface area contributed by atoms with Crippen molar-refractivity contribution >= 4 is 0 Å². The van der Waals surface area contributed by atoms with Crippen molar-refractivity contribution in [2.24, 2.45) is 0 Å². The zero-order chi connectivity index (χ0) is 13.4. The molecule has 0 amide bonds. The van der Waals surface area contributed by atoms with Crippen LogP contribution >= 0.6 is 0 Å². The lowest BCUT2D eigenvalue weighted by molar-refractivity contribution is 0.0785. The smallest absolute Gasteiger partial charge is 0.0827 e. The number of hydrogen-bond donors (Lipinski definition) is 1. The quantitative estimate of drug-likeness (QED) is 0.863. The first-order chi connectivity index (χ1) is 9.88. The second-order valence-electron chi connectivity index (χ2n) is 5.77. The van der Waals surface area contributed by atoms with Crippen LogP contribution in [-0.2, 0) is 10.3 Å². The van der Waals surface area contributed by atoms with E-state index in [-0.39, 0.29) is 5.54 Å². The van der Waals surface area contributed by atoms with Gasteiger partial charge in [-0.3, -0.25) is 0 Å². The zero-order valence-corrected chi connectivity index (χ0v) is 11.5. The van der Waals surface area contributed by atoms with Crippen molar-refractivity contribution in [2.45, 2.75) is 24.5 Å². The Hall–Kier alpha value is -1.64. The van der Waals surface area contributed by atoms with Crippen LogP contribution in [0, 0.1) is 0 Å². The van der Waals surface area contributed by atoms with Crippen LogP contribution in [0.1, 0.15) is 18.4 Å². The molecule has 2 aliphatic rings. The van der Waals surface area contributed by atoms with Crippen LogP contribution < -0.4 is 5.32 Å². The predicted octanol–water partition coefficient (Wildman–Crippen LogP) is 3.33. The third kappa shape index (κ3) is 1.96.